The van der Waals surface area contributed by atoms with Gasteiger partial charge in [0.05, 0.1) is 10.5 Å². The minimum atomic E-state index is -3.44. The van der Waals surface area contributed by atoms with E-state index < -0.39 is 15.6 Å². The van der Waals surface area contributed by atoms with Crippen LogP contribution in [0, 0.1) is 0 Å². The maximum absolute atomic E-state index is 12.0. The second-order valence-corrected chi connectivity index (χ2v) is 7.25. The van der Waals surface area contributed by atoms with Crippen molar-refractivity contribution in [2.24, 2.45) is 0 Å². The van der Waals surface area contributed by atoms with Crippen LogP contribution in [0.15, 0.2) is 35.2 Å². The van der Waals surface area contributed by atoms with Gasteiger partial charge in [-0.3, -0.25) is 0 Å². The number of aliphatic hydroxyl groups is 1. The van der Waals surface area contributed by atoms with Crippen molar-refractivity contribution in [3.63, 3.8) is 0 Å². The van der Waals surface area contributed by atoms with E-state index in [1.807, 2.05) is 6.92 Å². The average Bonchev–Trinajstić information content (AvgIpc) is 2.27. The van der Waals surface area contributed by atoms with Gasteiger partial charge in [-0.05, 0) is 52.2 Å². The minimum Gasteiger partial charge on any atom is -0.390 e. The van der Waals surface area contributed by atoms with E-state index in [0.717, 1.165) is 6.42 Å². The fourth-order valence-corrected chi connectivity index (χ4v) is 3.13. The Hall–Kier alpha value is -0.910. The van der Waals surface area contributed by atoms with Gasteiger partial charge in [0, 0.05) is 6.04 Å². The first-order chi connectivity index (χ1) is 8.71. The number of sulfonamides is 1. The SMILES string of the molecule is CC(CCCC(C)(C)O)NS(=O)(=O)c1ccccc1. The van der Waals surface area contributed by atoms with Crippen LogP contribution in [0.25, 0.3) is 0 Å². The molecule has 0 aliphatic heterocycles. The number of hydrogen-bond donors (Lipinski definition) is 2. The Morgan fingerprint density at radius 1 is 1.26 bits per heavy atom. The second-order valence-electron chi connectivity index (χ2n) is 5.54. The lowest BCUT2D eigenvalue weighted by Gasteiger charge is -2.19. The summed E-state index contributed by atoms with van der Waals surface area (Å²) in [5.41, 5.74) is -0.696. The van der Waals surface area contributed by atoms with E-state index in [2.05, 4.69) is 4.72 Å². The van der Waals surface area contributed by atoms with Crippen molar-refractivity contribution < 1.29 is 13.5 Å². The highest BCUT2D eigenvalue weighted by atomic mass is 32.2. The lowest BCUT2D eigenvalue weighted by molar-refractivity contribution is 0.0677. The zero-order valence-corrected chi connectivity index (χ0v) is 12.6. The van der Waals surface area contributed by atoms with Gasteiger partial charge in [0.25, 0.3) is 0 Å². The third kappa shape index (κ3) is 6.18. The van der Waals surface area contributed by atoms with Gasteiger partial charge in [0.1, 0.15) is 0 Å². The van der Waals surface area contributed by atoms with E-state index in [1.54, 1.807) is 44.2 Å². The van der Waals surface area contributed by atoms with E-state index >= 15 is 0 Å². The van der Waals surface area contributed by atoms with Crippen molar-refractivity contribution in [3.8, 4) is 0 Å². The van der Waals surface area contributed by atoms with Crippen molar-refractivity contribution in [2.45, 2.75) is 56.6 Å². The largest absolute Gasteiger partial charge is 0.390 e. The molecule has 0 fully saturated rings. The smallest absolute Gasteiger partial charge is 0.240 e. The Bertz CT molecular complexity index is 477. The van der Waals surface area contributed by atoms with Gasteiger partial charge in [-0.1, -0.05) is 18.2 Å². The molecule has 19 heavy (non-hydrogen) atoms. The van der Waals surface area contributed by atoms with Crippen molar-refractivity contribution in [2.75, 3.05) is 0 Å². The zero-order chi connectivity index (χ0) is 14.5. The molecule has 0 aliphatic rings. The molecule has 108 valence electrons. The lowest BCUT2D eigenvalue weighted by atomic mass is 10.00. The van der Waals surface area contributed by atoms with Crippen molar-refractivity contribution in [1.29, 1.82) is 0 Å². The van der Waals surface area contributed by atoms with E-state index in [-0.39, 0.29) is 10.9 Å². The summed E-state index contributed by atoms with van der Waals surface area (Å²) in [6, 6.07) is 8.19. The Kier molecular flexibility index (Phi) is 5.52. The summed E-state index contributed by atoms with van der Waals surface area (Å²) in [6.45, 7) is 5.35. The molecule has 0 heterocycles. The third-order valence-corrected chi connectivity index (χ3v) is 4.44. The first-order valence-electron chi connectivity index (χ1n) is 6.50. The molecule has 2 N–H and O–H groups in total. The first-order valence-corrected chi connectivity index (χ1v) is 7.99. The number of rotatable bonds is 7. The van der Waals surface area contributed by atoms with Gasteiger partial charge in [-0.25, -0.2) is 13.1 Å². The summed E-state index contributed by atoms with van der Waals surface area (Å²) >= 11 is 0. The number of nitrogens with one attached hydrogen (secondary N) is 1. The van der Waals surface area contributed by atoms with Crippen molar-refractivity contribution in [3.05, 3.63) is 30.3 Å². The molecule has 0 bridgehead atoms. The van der Waals surface area contributed by atoms with E-state index in [0.29, 0.717) is 12.8 Å². The predicted octanol–water partition coefficient (Wildman–Crippen LogP) is 2.29. The molecule has 0 saturated heterocycles. The van der Waals surface area contributed by atoms with Gasteiger partial charge in [-0.15, -0.1) is 0 Å². The van der Waals surface area contributed by atoms with Crippen molar-refractivity contribution in [1.82, 2.24) is 4.72 Å². The highest BCUT2D eigenvalue weighted by Gasteiger charge is 2.18. The average molecular weight is 285 g/mol. The predicted molar refractivity (Wildman–Crippen MR) is 76.4 cm³/mol. The number of benzene rings is 1. The van der Waals surface area contributed by atoms with Crippen LogP contribution in [-0.4, -0.2) is 25.2 Å². The summed E-state index contributed by atoms with van der Waals surface area (Å²) in [4.78, 5) is 0.282. The number of hydrogen-bond acceptors (Lipinski definition) is 3. The molecule has 1 atom stereocenters. The molecule has 5 heteroatoms. The molecule has 0 amide bonds. The lowest BCUT2D eigenvalue weighted by Crippen LogP contribution is -2.33. The Morgan fingerprint density at radius 2 is 1.84 bits per heavy atom. The third-order valence-electron chi connectivity index (χ3n) is 2.84. The van der Waals surface area contributed by atoms with Crippen LogP contribution in [0.4, 0.5) is 0 Å². The summed E-state index contributed by atoms with van der Waals surface area (Å²) in [7, 11) is -3.44. The van der Waals surface area contributed by atoms with Crippen LogP contribution in [-0.2, 0) is 10.0 Å². The molecule has 1 rings (SSSR count). The van der Waals surface area contributed by atoms with Crippen LogP contribution in [0.5, 0.6) is 0 Å². The van der Waals surface area contributed by atoms with Crippen LogP contribution in [0.1, 0.15) is 40.0 Å². The molecule has 0 aromatic heterocycles. The van der Waals surface area contributed by atoms with Crippen LogP contribution >= 0.6 is 0 Å². The van der Waals surface area contributed by atoms with E-state index in [4.69, 9.17) is 0 Å². The van der Waals surface area contributed by atoms with E-state index in [9.17, 15) is 13.5 Å². The summed E-state index contributed by atoms with van der Waals surface area (Å²) in [6.07, 6.45) is 2.14. The topological polar surface area (TPSA) is 66.4 Å². The zero-order valence-electron chi connectivity index (χ0n) is 11.8. The van der Waals surface area contributed by atoms with Gasteiger partial charge in [-0.2, -0.15) is 0 Å². The van der Waals surface area contributed by atoms with Crippen LogP contribution < -0.4 is 4.72 Å². The maximum Gasteiger partial charge on any atom is 0.240 e. The Balaban J connectivity index is 2.50. The minimum absolute atomic E-state index is 0.146. The monoisotopic (exact) mass is 285 g/mol. The summed E-state index contributed by atoms with van der Waals surface area (Å²) in [5, 5.41) is 9.60. The summed E-state index contributed by atoms with van der Waals surface area (Å²) in [5.74, 6) is 0. The normalized spacial score (nSPS) is 14.3. The van der Waals surface area contributed by atoms with Gasteiger partial charge in [0.2, 0.25) is 10.0 Å². The molecule has 0 saturated carbocycles. The van der Waals surface area contributed by atoms with Crippen LogP contribution in [0.2, 0.25) is 0 Å². The standard InChI is InChI=1S/C14H23NO3S/c1-12(8-7-11-14(2,3)16)15-19(17,18)13-9-5-4-6-10-13/h4-6,9-10,12,15-16H,7-8,11H2,1-3H3. The molecular formula is C14H23NO3S. The molecule has 0 aliphatic carbocycles. The first kappa shape index (κ1) is 16.1. The molecule has 1 unspecified atom stereocenters. The quantitative estimate of drug-likeness (QED) is 0.808. The highest BCUT2D eigenvalue weighted by Crippen LogP contribution is 2.14. The Morgan fingerprint density at radius 3 is 2.37 bits per heavy atom. The molecule has 4 nitrogen and oxygen atoms in total. The van der Waals surface area contributed by atoms with Crippen LogP contribution in [0.3, 0.4) is 0 Å². The molecular weight excluding hydrogens is 262 g/mol. The second kappa shape index (κ2) is 6.50. The van der Waals surface area contributed by atoms with Gasteiger partial charge in [0.15, 0.2) is 0 Å². The van der Waals surface area contributed by atoms with Gasteiger partial charge < -0.3 is 5.11 Å². The van der Waals surface area contributed by atoms with Crippen molar-refractivity contribution >= 4 is 10.0 Å². The molecule has 1 aromatic carbocycles. The Labute approximate surface area is 115 Å². The molecule has 1 aromatic rings. The van der Waals surface area contributed by atoms with Gasteiger partial charge >= 0.3 is 0 Å². The fraction of sp³-hybridized carbons (Fsp3) is 0.571. The molecule has 0 spiro atoms. The maximum atomic E-state index is 12.0. The molecule has 0 radical (unpaired) electrons. The fourth-order valence-electron chi connectivity index (χ4n) is 1.83. The highest BCUT2D eigenvalue weighted by molar-refractivity contribution is 7.89. The van der Waals surface area contributed by atoms with E-state index in [1.165, 1.54) is 0 Å². The summed E-state index contributed by atoms with van der Waals surface area (Å²) < 4.78 is 26.7.